The Morgan fingerprint density at radius 3 is 2.29 bits per heavy atom. The molecule has 3 rings (SSSR count). The Bertz CT molecular complexity index is 1070. The van der Waals surface area contributed by atoms with Crippen molar-refractivity contribution >= 4 is 23.1 Å². The number of aromatic nitrogens is 2. The first-order chi connectivity index (χ1) is 14.7. The SMILES string of the molecule is CCCn1c(N)c(N2CCOCC2)c(=O)n(CC(=O)Nc2c(C)cc(C)cc2C)c1=O. The molecule has 0 aliphatic carbocycles. The third-order valence-corrected chi connectivity index (χ3v) is 5.46. The number of morpholine rings is 1. The van der Waals surface area contributed by atoms with Gasteiger partial charge in [-0.3, -0.25) is 14.2 Å². The topological polar surface area (TPSA) is 112 Å². The van der Waals surface area contributed by atoms with Crippen molar-refractivity contribution in [1.82, 2.24) is 9.13 Å². The van der Waals surface area contributed by atoms with Crippen molar-refractivity contribution < 1.29 is 9.53 Å². The number of nitrogens with two attached hydrogens (primary N) is 1. The van der Waals surface area contributed by atoms with E-state index in [4.69, 9.17) is 10.5 Å². The first-order valence-corrected chi connectivity index (χ1v) is 10.6. The average Bonchev–Trinajstić information content (AvgIpc) is 2.72. The first-order valence-electron chi connectivity index (χ1n) is 10.6. The number of nitrogens with zero attached hydrogens (tertiary/aromatic N) is 3. The zero-order valence-electron chi connectivity index (χ0n) is 18.7. The van der Waals surface area contributed by atoms with E-state index in [1.54, 1.807) is 0 Å². The van der Waals surface area contributed by atoms with Gasteiger partial charge in [0.2, 0.25) is 5.91 Å². The van der Waals surface area contributed by atoms with Crippen LogP contribution < -0.4 is 27.2 Å². The second-order valence-corrected chi connectivity index (χ2v) is 7.98. The predicted octanol–water partition coefficient (Wildman–Crippen LogP) is 1.40. The van der Waals surface area contributed by atoms with Crippen LogP contribution in [0.4, 0.5) is 17.2 Å². The lowest BCUT2D eigenvalue weighted by atomic mass is 10.1. The van der Waals surface area contributed by atoms with Crippen LogP contribution in [0.3, 0.4) is 0 Å². The van der Waals surface area contributed by atoms with Gasteiger partial charge in [0.1, 0.15) is 18.1 Å². The lowest BCUT2D eigenvalue weighted by Crippen LogP contribution is -2.48. The van der Waals surface area contributed by atoms with Crippen molar-refractivity contribution in [3.63, 3.8) is 0 Å². The van der Waals surface area contributed by atoms with Crippen LogP contribution in [0.25, 0.3) is 0 Å². The summed E-state index contributed by atoms with van der Waals surface area (Å²) < 4.78 is 7.72. The molecule has 0 atom stereocenters. The molecule has 1 aromatic carbocycles. The summed E-state index contributed by atoms with van der Waals surface area (Å²) in [5, 5.41) is 2.86. The number of hydrogen-bond donors (Lipinski definition) is 2. The highest BCUT2D eigenvalue weighted by atomic mass is 16.5. The quantitative estimate of drug-likeness (QED) is 0.718. The summed E-state index contributed by atoms with van der Waals surface area (Å²) in [7, 11) is 0. The fourth-order valence-electron chi connectivity index (χ4n) is 4.06. The molecule has 0 bridgehead atoms. The standard InChI is InChI=1S/C22H31N5O4/c1-5-6-26-20(23)19(25-7-9-31-10-8-25)21(29)27(22(26)30)13-17(28)24-18-15(3)11-14(2)12-16(18)4/h11-12H,5-10,13,23H2,1-4H3,(H,24,28). The van der Waals surface area contributed by atoms with Crippen LogP contribution in [0.5, 0.6) is 0 Å². The summed E-state index contributed by atoms with van der Waals surface area (Å²) in [4.78, 5) is 40.9. The van der Waals surface area contributed by atoms with E-state index >= 15 is 0 Å². The molecule has 1 aliphatic heterocycles. The number of ether oxygens (including phenoxy) is 1. The molecule has 9 nitrogen and oxygen atoms in total. The van der Waals surface area contributed by atoms with E-state index < -0.39 is 17.2 Å². The van der Waals surface area contributed by atoms with Gasteiger partial charge in [-0.1, -0.05) is 24.6 Å². The van der Waals surface area contributed by atoms with Gasteiger partial charge in [0.25, 0.3) is 5.56 Å². The van der Waals surface area contributed by atoms with Gasteiger partial charge in [0.05, 0.1) is 13.2 Å². The van der Waals surface area contributed by atoms with Gasteiger partial charge in [-0.2, -0.15) is 0 Å². The van der Waals surface area contributed by atoms with E-state index in [2.05, 4.69) is 5.32 Å². The summed E-state index contributed by atoms with van der Waals surface area (Å²) in [6, 6.07) is 3.95. The summed E-state index contributed by atoms with van der Waals surface area (Å²) in [6.45, 7) is 9.65. The van der Waals surface area contributed by atoms with Crippen LogP contribution in [0.1, 0.15) is 30.0 Å². The molecule has 3 N–H and O–H groups in total. The summed E-state index contributed by atoms with van der Waals surface area (Å²) in [5.41, 5.74) is 9.02. The van der Waals surface area contributed by atoms with Gasteiger partial charge in [-0.05, 0) is 38.3 Å². The molecule has 2 heterocycles. The van der Waals surface area contributed by atoms with E-state index in [1.165, 1.54) is 4.57 Å². The molecule has 0 radical (unpaired) electrons. The zero-order valence-corrected chi connectivity index (χ0v) is 18.7. The van der Waals surface area contributed by atoms with Crippen LogP contribution in [-0.4, -0.2) is 41.3 Å². The molecule has 168 valence electrons. The number of aryl methyl sites for hydroxylation is 3. The minimum Gasteiger partial charge on any atom is -0.383 e. The number of carbonyl (C=O) groups is 1. The number of rotatable bonds is 6. The maximum atomic E-state index is 13.2. The molecule has 1 fully saturated rings. The van der Waals surface area contributed by atoms with E-state index in [0.29, 0.717) is 45.0 Å². The van der Waals surface area contributed by atoms with Gasteiger partial charge >= 0.3 is 5.69 Å². The van der Waals surface area contributed by atoms with Crippen molar-refractivity contribution in [2.45, 2.75) is 47.2 Å². The molecule has 31 heavy (non-hydrogen) atoms. The highest BCUT2D eigenvalue weighted by Gasteiger charge is 2.24. The summed E-state index contributed by atoms with van der Waals surface area (Å²) in [5.74, 6) is -0.296. The van der Waals surface area contributed by atoms with Crippen LogP contribution >= 0.6 is 0 Å². The smallest absolute Gasteiger partial charge is 0.333 e. The van der Waals surface area contributed by atoms with E-state index in [-0.39, 0.29) is 18.1 Å². The van der Waals surface area contributed by atoms with E-state index in [9.17, 15) is 14.4 Å². The van der Waals surface area contributed by atoms with Crippen molar-refractivity contribution in [3.8, 4) is 0 Å². The van der Waals surface area contributed by atoms with Crippen molar-refractivity contribution in [2.75, 3.05) is 42.3 Å². The molecule has 1 aliphatic rings. The fraction of sp³-hybridized carbons (Fsp3) is 0.500. The number of amides is 1. The number of nitrogen functional groups attached to an aromatic ring is 1. The van der Waals surface area contributed by atoms with Gasteiger partial charge in [0.15, 0.2) is 0 Å². The molecule has 0 spiro atoms. The molecule has 0 saturated carbocycles. The van der Waals surface area contributed by atoms with Crippen LogP contribution in [0.15, 0.2) is 21.7 Å². The third kappa shape index (κ3) is 4.66. The highest BCUT2D eigenvalue weighted by Crippen LogP contribution is 2.22. The van der Waals surface area contributed by atoms with Crippen molar-refractivity contribution in [1.29, 1.82) is 0 Å². The lowest BCUT2D eigenvalue weighted by Gasteiger charge is -2.30. The zero-order chi connectivity index (χ0) is 22.7. The number of benzene rings is 1. The summed E-state index contributed by atoms with van der Waals surface area (Å²) in [6.07, 6.45) is 0.665. The van der Waals surface area contributed by atoms with E-state index in [0.717, 1.165) is 21.3 Å². The van der Waals surface area contributed by atoms with Crippen LogP contribution in [0.2, 0.25) is 0 Å². The minimum absolute atomic E-state index is 0.139. The third-order valence-electron chi connectivity index (χ3n) is 5.46. The number of anilines is 3. The number of hydrogen-bond acceptors (Lipinski definition) is 6. The average molecular weight is 430 g/mol. The molecular weight excluding hydrogens is 398 g/mol. The molecule has 2 aromatic rings. The first kappa shape index (κ1) is 22.6. The molecule has 9 heteroatoms. The van der Waals surface area contributed by atoms with Gasteiger partial charge in [0, 0.05) is 25.3 Å². The second kappa shape index (κ2) is 9.38. The Labute approximate surface area is 181 Å². The minimum atomic E-state index is -0.575. The molecule has 1 amide bonds. The molecule has 0 unspecified atom stereocenters. The van der Waals surface area contributed by atoms with E-state index in [1.807, 2.05) is 44.7 Å². The lowest BCUT2D eigenvalue weighted by molar-refractivity contribution is -0.116. The number of carbonyl (C=O) groups excluding carboxylic acids is 1. The second-order valence-electron chi connectivity index (χ2n) is 7.98. The van der Waals surface area contributed by atoms with Crippen molar-refractivity contribution in [2.24, 2.45) is 0 Å². The molecule has 1 aromatic heterocycles. The Kier molecular flexibility index (Phi) is 6.84. The molecular formula is C22H31N5O4. The maximum absolute atomic E-state index is 13.2. The van der Waals surface area contributed by atoms with Crippen LogP contribution in [0, 0.1) is 20.8 Å². The predicted molar refractivity (Wildman–Crippen MR) is 122 cm³/mol. The Hall–Kier alpha value is -3.07. The fourth-order valence-corrected chi connectivity index (χ4v) is 4.06. The Morgan fingerprint density at radius 2 is 1.71 bits per heavy atom. The highest BCUT2D eigenvalue weighted by molar-refractivity contribution is 5.92. The monoisotopic (exact) mass is 429 g/mol. The summed E-state index contributed by atoms with van der Waals surface area (Å²) >= 11 is 0. The number of nitrogens with one attached hydrogen (secondary N) is 1. The van der Waals surface area contributed by atoms with Gasteiger partial charge in [-0.25, -0.2) is 9.36 Å². The van der Waals surface area contributed by atoms with Gasteiger partial charge < -0.3 is 20.7 Å². The van der Waals surface area contributed by atoms with Crippen LogP contribution in [-0.2, 0) is 22.6 Å². The Morgan fingerprint density at radius 1 is 1.10 bits per heavy atom. The largest absolute Gasteiger partial charge is 0.383 e. The Balaban J connectivity index is 2.00. The van der Waals surface area contributed by atoms with Gasteiger partial charge in [-0.15, -0.1) is 0 Å². The molecule has 1 saturated heterocycles. The van der Waals surface area contributed by atoms with Crippen molar-refractivity contribution in [3.05, 3.63) is 49.7 Å². The maximum Gasteiger partial charge on any atom is 0.333 e. The normalized spacial score (nSPS) is 14.0.